The number of carbonyl (C=O) groups excluding carboxylic acids is 1. The first kappa shape index (κ1) is 22.7. The highest BCUT2D eigenvalue weighted by Gasteiger charge is 2.20. The Kier molecular flexibility index (Phi) is 6.00. The van der Waals surface area contributed by atoms with Crippen molar-refractivity contribution in [3.05, 3.63) is 93.8 Å². The number of para-hydroxylation sites is 1. The van der Waals surface area contributed by atoms with Crippen LogP contribution in [0.3, 0.4) is 0 Å². The van der Waals surface area contributed by atoms with Crippen LogP contribution in [0.5, 0.6) is 5.75 Å². The number of ether oxygens (including phenoxy) is 2. The summed E-state index contributed by atoms with van der Waals surface area (Å²) in [5.74, 6) is 1.20. The minimum absolute atomic E-state index is 0.195. The van der Waals surface area contributed by atoms with Crippen LogP contribution < -0.4 is 10.3 Å². The van der Waals surface area contributed by atoms with Gasteiger partial charge in [-0.2, -0.15) is 0 Å². The second-order valence-electron chi connectivity index (χ2n) is 7.93. The van der Waals surface area contributed by atoms with Gasteiger partial charge in [-0.05, 0) is 54.4 Å². The van der Waals surface area contributed by atoms with E-state index in [2.05, 4.69) is 10.2 Å². The molecule has 0 aliphatic carbocycles. The van der Waals surface area contributed by atoms with Crippen LogP contribution in [0, 0.1) is 6.92 Å². The van der Waals surface area contributed by atoms with Crippen molar-refractivity contribution >= 4 is 34.4 Å². The monoisotopic (exact) mass is 486 g/mol. The Hall–Kier alpha value is -4.11. The SMILES string of the molecule is COC(=O)c1ccc(CSc2nnc3n(-c4cc(C)ccc4OC)c(=O)c4ccccc4n23)cc1. The van der Waals surface area contributed by atoms with E-state index in [1.807, 2.05) is 59.9 Å². The number of esters is 1. The zero-order valence-corrected chi connectivity index (χ0v) is 20.2. The molecule has 2 heterocycles. The molecule has 0 saturated heterocycles. The molecule has 0 amide bonds. The van der Waals surface area contributed by atoms with Gasteiger partial charge >= 0.3 is 5.97 Å². The Morgan fingerprint density at radius 2 is 1.77 bits per heavy atom. The molecule has 0 N–H and O–H groups in total. The Morgan fingerprint density at radius 1 is 1.00 bits per heavy atom. The number of hydrogen-bond acceptors (Lipinski definition) is 7. The Labute approximate surface area is 205 Å². The molecule has 8 nitrogen and oxygen atoms in total. The van der Waals surface area contributed by atoms with Crippen molar-refractivity contribution in [2.45, 2.75) is 17.8 Å². The van der Waals surface area contributed by atoms with Gasteiger partial charge in [-0.1, -0.05) is 42.1 Å². The van der Waals surface area contributed by atoms with Gasteiger partial charge in [-0.3, -0.25) is 9.20 Å². The first-order chi connectivity index (χ1) is 17.0. The maximum absolute atomic E-state index is 13.6. The van der Waals surface area contributed by atoms with E-state index in [9.17, 15) is 9.59 Å². The fourth-order valence-electron chi connectivity index (χ4n) is 3.97. The van der Waals surface area contributed by atoms with E-state index in [-0.39, 0.29) is 11.5 Å². The van der Waals surface area contributed by atoms with Crippen LogP contribution in [0.25, 0.3) is 22.4 Å². The highest BCUT2D eigenvalue weighted by Crippen LogP contribution is 2.29. The molecule has 3 aromatic carbocycles. The van der Waals surface area contributed by atoms with E-state index >= 15 is 0 Å². The average molecular weight is 487 g/mol. The molecule has 5 aromatic rings. The van der Waals surface area contributed by atoms with Gasteiger partial charge in [0.1, 0.15) is 5.75 Å². The molecule has 0 aliphatic rings. The van der Waals surface area contributed by atoms with Gasteiger partial charge in [0.2, 0.25) is 5.78 Å². The van der Waals surface area contributed by atoms with Crippen LogP contribution in [0.15, 0.2) is 76.7 Å². The van der Waals surface area contributed by atoms with Gasteiger partial charge in [-0.25, -0.2) is 9.36 Å². The van der Waals surface area contributed by atoms with Crippen molar-refractivity contribution in [1.82, 2.24) is 19.2 Å². The van der Waals surface area contributed by atoms with Crippen molar-refractivity contribution in [3.63, 3.8) is 0 Å². The van der Waals surface area contributed by atoms with Crippen molar-refractivity contribution in [2.75, 3.05) is 14.2 Å². The summed E-state index contributed by atoms with van der Waals surface area (Å²) in [6, 6.07) is 20.3. The van der Waals surface area contributed by atoms with Crippen LogP contribution >= 0.6 is 11.8 Å². The fraction of sp³-hybridized carbons (Fsp3) is 0.154. The van der Waals surface area contributed by atoms with E-state index < -0.39 is 0 Å². The third-order valence-electron chi connectivity index (χ3n) is 5.71. The topological polar surface area (TPSA) is 87.7 Å². The minimum atomic E-state index is -0.372. The number of hydrogen-bond donors (Lipinski definition) is 0. The molecule has 0 unspecified atom stereocenters. The number of rotatable bonds is 6. The van der Waals surface area contributed by atoms with Crippen LogP contribution in [-0.4, -0.2) is 39.4 Å². The van der Waals surface area contributed by atoms with Gasteiger partial charge in [0.15, 0.2) is 5.16 Å². The third kappa shape index (κ3) is 4.04. The van der Waals surface area contributed by atoms with E-state index in [0.717, 1.165) is 16.6 Å². The van der Waals surface area contributed by atoms with E-state index in [1.54, 1.807) is 29.9 Å². The average Bonchev–Trinajstić information content (AvgIpc) is 3.31. The van der Waals surface area contributed by atoms with Crippen molar-refractivity contribution in [2.24, 2.45) is 0 Å². The fourth-order valence-corrected chi connectivity index (χ4v) is 4.86. The number of carbonyl (C=O) groups is 1. The molecule has 176 valence electrons. The molecule has 9 heteroatoms. The van der Waals surface area contributed by atoms with Crippen LogP contribution in [0.1, 0.15) is 21.5 Å². The van der Waals surface area contributed by atoms with Crippen molar-refractivity contribution in [1.29, 1.82) is 0 Å². The van der Waals surface area contributed by atoms with Crippen molar-refractivity contribution in [3.8, 4) is 11.4 Å². The zero-order valence-electron chi connectivity index (χ0n) is 19.4. The summed E-state index contributed by atoms with van der Waals surface area (Å²) in [4.78, 5) is 25.3. The van der Waals surface area contributed by atoms with Crippen molar-refractivity contribution < 1.29 is 14.3 Å². The van der Waals surface area contributed by atoms with Gasteiger partial charge < -0.3 is 9.47 Å². The second kappa shape index (κ2) is 9.27. The minimum Gasteiger partial charge on any atom is -0.495 e. The summed E-state index contributed by atoms with van der Waals surface area (Å²) < 4.78 is 13.8. The number of fused-ring (bicyclic) bond motifs is 3. The second-order valence-corrected chi connectivity index (χ2v) is 8.87. The number of thioether (sulfide) groups is 1. The molecule has 0 spiro atoms. The first-order valence-corrected chi connectivity index (χ1v) is 11.8. The van der Waals surface area contributed by atoms with Crippen LogP contribution in [0.4, 0.5) is 0 Å². The summed E-state index contributed by atoms with van der Waals surface area (Å²) in [5.41, 5.74) is 3.64. The molecule has 0 radical (unpaired) electrons. The molecule has 0 saturated carbocycles. The molecule has 0 fully saturated rings. The standard InChI is InChI=1S/C26H22N4O4S/c1-16-8-13-22(33-2)21(14-16)29-23(31)19-6-4-5-7-20(19)30-25(29)27-28-26(30)35-15-17-9-11-18(12-10-17)24(32)34-3/h4-14H,15H2,1-3H3. The third-order valence-corrected chi connectivity index (χ3v) is 6.71. The number of nitrogens with zero attached hydrogens (tertiary/aromatic N) is 4. The molecule has 0 aliphatic heterocycles. The smallest absolute Gasteiger partial charge is 0.337 e. The highest BCUT2D eigenvalue weighted by atomic mass is 32.2. The molecule has 35 heavy (non-hydrogen) atoms. The van der Waals surface area contributed by atoms with Gasteiger partial charge in [-0.15, -0.1) is 10.2 Å². The van der Waals surface area contributed by atoms with E-state index in [0.29, 0.717) is 39.1 Å². The molecular weight excluding hydrogens is 464 g/mol. The molecule has 2 aromatic heterocycles. The molecule has 0 atom stereocenters. The van der Waals surface area contributed by atoms with Gasteiger partial charge in [0, 0.05) is 5.75 Å². The number of aryl methyl sites for hydroxylation is 1. The quantitative estimate of drug-likeness (QED) is 0.259. The normalized spacial score (nSPS) is 11.2. The maximum Gasteiger partial charge on any atom is 0.337 e. The first-order valence-electron chi connectivity index (χ1n) is 10.9. The summed E-state index contributed by atoms with van der Waals surface area (Å²) in [5, 5.41) is 10.0. The largest absolute Gasteiger partial charge is 0.495 e. The number of benzene rings is 3. The van der Waals surface area contributed by atoms with E-state index in [4.69, 9.17) is 9.47 Å². The summed E-state index contributed by atoms with van der Waals surface area (Å²) in [6.07, 6.45) is 0. The Morgan fingerprint density at radius 3 is 2.51 bits per heavy atom. The lowest BCUT2D eigenvalue weighted by molar-refractivity contribution is 0.0600. The summed E-state index contributed by atoms with van der Waals surface area (Å²) in [6.45, 7) is 1.96. The highest BCUT2D eigenvalue weighted by molar-refractivity contribution is 7.98. The Bertz CT molecular complexity index is 1620. The molecule has 5 rings (SSSR count). The van der Waals surface area contributed by atoms with Crippen LogP contribution in [0.2, 0.25) is 0 Å². The van der Waals surface area contributed by atoms with Gasteiger partial charge in [0.05, 0.1) is 36.4 Å². The maximum atomic E-state index is 13.6. The Balaban J connectivity index is 1.63. The van der Waals surface area contributed by atoms with Gasteiger partial charge in [0.25, 0.3) is 5.56 Å². The lowest BCUT2D eigenvalue weighted by Crippen LogP contribution is -2.22. The summed E-state index contributed by atoms with van der Waals surface area (Å²) in [7, 11) is 2.94. The number of methoxy groups -OCH3 is 2. The molecule has 0 bridgehead atoms. The summed E-state index contributed by atoms with van der Waals surface area (Å²) >= 11 is 1.49. The number of aromatic nitrogens is 4. The van der Waals surface area contributed by atoms with Crippen LogP contribution in [-0.2, 0) is 10.5 Å². The zero-order chi connectivity index (χ0) is 24.5. The predicted molar refractivity (Wildman–Crippen MR) is 135 cm³/mol. The lowest BCUT2D eigenvalue weighted by atomic mass is 10.1. The van der Waals surface area contributed by atoms with E-state index in [1.165, 1.54) is 18.9 Å². The molecular formula is C26H22N4O4S. The predicted octanol–water partition coefficient (Wildman–Crippen LogP) is 4.43. The lowest BCUT2D eigenvalue weighted by Gasteiger charge is -2.14.